The summed E-state index contributed by atoms with van der Waals surface area (Å²) in [5.74, 6) is 0.867. The summed E-state index contributed by atoms with van der Waals surface area (Å²) in [6.45, 7) is 2.33. The minimum Gasteiger partial charge on any atom is -0.496 e. The molecule has 0 radical (unpaired) electrons. The summed E-state index contributed by atoms with van der Waals surface area (Å²) in [5.41, 5.74) is 6.94. The number of nitrogens with zero attached hydrogens (tertiary/aromatic N) is 3. The highest BCUT2D eigenvalue weighted by Crippen LogP contribution is 2.37. The minimum atomic E-state index is -3.55. The third-order valence-electron chi connectivity index (χ3n) is 8.28. The van der Waals surface area contributed by atoms with E-state index in [1.807, 2.05) is 60.3 Å². The molecule has 0 saturated heterocycles. The first-order chi connectivity index (χ1) is 19.4. The maximum atomic E-state index is 14.1. The van der Waals surface area contributed by atoms with Gasteiger partial charge in [0.05, 0.1) is 36.8 Å². The highest BCUT2D eigenvalue weighted by Gasteiger charge is 2.33. The van der Waals surface area contributed by atoms with Crippen LogP contribution in [0.15, 0.2) is 79.1 Å². The molecule has 1 aromatic heterocycles. The number of sulfonamides is 1. The van der Waals surface area contributed by atoms with Crippen molar-refractivity contribution in [3.05, 3.63) is 90.3 Å². The summed E-state index contributed by atoms with van der Waals surface area (Å²) in [6, 6.07) is 22.8. The summed E-state index contributed by atoms with van der Waals surface area (Å²) < 4.78 is 37.3. The van der Waals surface area contributed by atoms with Crippen LogP contribution in [0.5, 0.6) is 5.75 Å². The maximum Gasteiger partial charge on any atom is 0.238 e. The highest BCUT2D eigenvalue weighted by atomic mass is 32.2. The van der Waals surface area contributed by atoms with Gasteiger partial charge in [0.1, 0.15) is 5.75 Å². The van der Waals surface area contributed by atoms with Gasteiger partial charge in [-0.15, -0.1) is 0 Å². The molecule has 6 rings (SSSR count). The molecule has 2 fully saturated rings. The molecular formula is C33H37N3O3S. The summed E-state index contributed by atoms with van der Waals surface area (Å²) in [4.78, 5) is 0. The summed E-state index contributed by atoms with van der Waals surface area (Å²) in [6.07, 6.45) is 10.8. The van der Waals surface area contributed by atoms with Crippen LogP contribution in [0.3, 0.4) is 0 Å². The van der Waals surface area contributed by atoms with Gasteiger partial charge in [-0.3, -0.25) is 8.99 Å². The van der Waals surface area contributed by atoms with Crippen molar-refractivity contribution in [1.29, 1.82) is 0 Å². The predicted octanol–water partition coefficient (Wildman–Crippen LogP) is 7.54. The van der Waals surface area contributed by atoms with Gasteiger partial charge >= 0.3 is 0 Å². The van der Waals surface area contributed by atoms with Crippen LogP contribution in [-0.2, 0) is 16.6 Å². The molecule has 1 heterocycles. The molecule has 0 aliphatic heterocycles. The van der Waals surface area contributed by atoms with E-state index in [2.05, 4.69) is 35.6 Å². The number of rotatable bonds is 9. The Kier molecular flexibility index (Phi) is 7.41. The average molecular weight is 556 g/mol. The molecule has 208 valence electrons. The number of hydrogen-bond donors (Lipinski definition) is 0. The Morgan fingerprint density at radius 3 is 2.30 bits per heavy atom. The van der Waals surface area contributed by atoms with Gasteiger partial charge in [-0.25, -0.2) is 8.42 Å². The van der Waals surface area contributed by atoms with E-state index in [0.29, 0.717) is 18.3 Å². The fraction of sp³-hybridized carbons (Fsp3) is 0.364. The highest BCUT2D eigenvalue weighted by molar-refractivity contribution is 7.93. The number of ether oxygens (including phenoxy) is 1. The summed E-state index contributed by atoms with van der Waals surface area (Å²) in [7, 11) is -1.87. The quantitative estimate of drug-likeness (QED) is 0.214. The standard InChI is InChI=1S/C33H37N3O3S/c1-24-19-28(15-18-33(24)39-2)26-13-11-25(12-14-26)22-36(40(37,38)32-9-4-3-5-10-32)31-8-6-7-27(20-31)29-21-34-35(23-29)30-16-17-30/h6-8,11-15,18-21,23,30,32H,3-5,9-10,16-17,22H2,1-2H3. The van der Waals surface area contributed by atoms with Gasteiger partial charge in [-0.1, -0.05) is 61.7 Å². The van der Waals surface area contributed by atoms with Gasteiger partial charge in [-0.05, 0) is 84.7 Å². The lowest BCUT2D eigenvalue weighted by Gasteiger charge is -2.31. The largest absolute Gasteiger partial charge is 0.496 e. The van der Waals surface area contributed by atoms with E-state index in [0.717, 1.165) is 71.2 Å². The molecule has 2 aliphatic rings. The van der Waals surface area contributed by atoms with Crippen molar-refractivity contribution in [3.8, 4) is 28.0 Å². The zero-order valence-electron chi connectivity index (χ0n) is 23.3. The topological polar surface area (TPSA) is 64.4 Å². The van der Waals surface area contributed by atoms with Gasteiger partial charge in [0, 0.05) is 11.8 Å². The molecule has 7 heteroatoms. The molecule has 0 atom stereocenters. The monoisotopic (exact) mass is 555 g/mol. The predicted molar refractivity (Wildman–Crippen MR) is 161 cm³/mol. The first-order valence-electron chi connectivity index (χ1n) is 14.3. The van der Waals surface area contributed by atoms with E-state index >= 15 is 0 Å². The van der Waals surface area contributed by atoms with Crippen molar-refractivity contribution in [1.82, 2.24) is 9.78 Å². The van der Waals surface area contributed by atoms with Gasteiger partial charge in [-0.2, -0.15) is 5.10 Å². The van der Waals surface area contributed by atoms with Crippen LogP contribution in [0, 0.1) is 6.92 Å². The van der Waals surface area contributed by atoms with Crippen LogP contribution in [0.2, 0.25) is 0 Å². The van der Waals surface area contributed by atoms with E-state index < -0.39 is 10.0 Å². The van der Waals surface area contributed by atoms with E-state index in [-0.39, 0.29) is 5.25 Å². The fourth-order valence-electron chi connectivity index (χ4n) is 5.76. The van der Waals surface area contributed by atoms with Gasteiger partial charge in [0.15, 0.2) is 0 Å². The smallest absolute Gasteiger partial charge is 0.238 e. The average Bonchev–Trinajstić information content (AvgIpc) is 3.72. The Labute approximate surface area is 237 Å². The fourth-order valence-corrected chi connectivity index (χ4v) is 7.79. The Balaban J connectivity index is 1.31. The lowest BCUT2D eigenvalue weighted by molar-refractivity contribution is 0.412. The van der Waals surface area contributed by atoms with Crippen molar-refractivity contribution in [2.24, 2.45) is 0 Å². The second-order valence-electron chi connectivity index (χ2n) is 11.2. The van der Waals surface area contributed by atoms with E-state index in [1.165, 1.54) is 12.8 Å². The number of aryl methyl sites for hydroxylation is 1. The second kappa shape index (κ2) is 11.1. The number of anilines is 1. The number of hydrogen-bond acceptors (Lipinski definition) is 4. The molecule has 0 spiro atoms. The van der Waals surface area contributed by atoms with E-state index in [1.54, 1.807) is 11.4 Å². The summed E-state index contributed by atoms with van der Waals surface area (Å²) in [5, 5.41) is 4.20. The Morgan fingerprint density at radius 1 is 0.875 bits per heavy atom. The third kappa shape index (κ3) is 5.52. The van der Waals surface area contributed by atoms with Gasteiger partial charge < -0.3 is 4.74 Å². The first kappa shape index (κ1) is 26.6. The maximum absolute atomic E-state index is 14.1. The van der Waals surface area contributed by atoms with Crippen LogP contribution < -0.4 is 9.04 Å². The molecule has 0 bridgehead atoms. The lowest BCUT2D eigenvalue weighted by atomic mass is 10.0. The van der Waals surface area contributed by atoms with Crippen LogP contribution in [0.25, 0.3) is 22.3 Å². The normalized spacial score (nSPS) is 16.1. The number of aromatic nitrogens is 2. The third-order valence-corrected chi connectivity index (χ3v) is 10.5. The van der Waals surface area contributed by atoms with E-state index in [9.17, 15) is 8.42 Å². The van der Waals surface area contributed by atoms with Gasteiger partial charge in [0.25, 0.3) is 0 Å². The van der Waals surface area contributed by atoms with E-state index in [4.69, 9.17) is 4.74 Å². The lowest BCUT2D eigenvalue weighted by Crippen LogP contribution is -2.39. The molecule has 0 amide bonds. The molecule has 2 saturated carbocycles. The van der Waals surface area contributed by atoms with Crippen molar-refractivity contribution in [2.45, 2.75) is 69.7 Å². The van der Waals surface area contributed by atoms with Crippen LogP contribution >= 0.6 is 0 Å². The zero-order chi connectivity index (χ0) is 27.7. The molecule has 4 aromatic rings. The van der Waals surface area contributed by atoms with Crippen LogP contribution in [0.4, 0.5) is 5.69 Å². The number of methoxy groups -OCH3 is 1. The zero-order valence-corrected chi connectivity index (χ0v) is 24.1. The molecule has 2 aliphatic carbocycles. The molecule has 0 N–H and O–H groups in total. The molecule has 3 aromatic carbocycles. The molecule has 6 nitrogen and oxygen atoms in total. The SMILES string of the molecule is COc1ccc(-c2ccc(CN(c3cccc(-c4cnn(C5CC5)c4)c3)S(=O)(=O)C3CCCCC3)cc2)cc1C. The molecule has 40 heavy (non-hydrogen) atoms. The number of benzene rings is 3. The first-order valence-corrected chi connectivity index (χ1v) is 15.8. The molecular weight excluding hydrogens is 518 g/mol. The summed E-state index contributed by atoms with van der Waals surface area (Å²) >= 11 is 0. The van der Waals surface area contributed by atoms with Crippen molar-refractivity contribution < 1.29 is 13.2 Å². The van der Waals surface area contributed by atoms with Crippen LogP contribution in [0.1, 0.15) is 62.1 Å². The van der Waals surface area contributed by atoms with Crippen molar-refractivity contribution in [3.63, 3.8) is 0 Å². The minimum absolute atomic E-state index is 0.297. The Bertz CT molecular complexity index is 1580. The van der Waals surface area contributed by atoms with Gasteiger partial charge in [0.2, 0.25) is 10.0 Å². The van der Waals surface area contributed by atoms with Crippen molar-refractivity contribution >= 4 is 15.7 Å². The Hall–Kier alpha value is -3.58. The van der Waals surface area contributed by atoms with Crippen molar-refractivity contribution in [2.75, 3.05) is 11.4 Å². The van der Waals surface area contributed by atoms with Crippen LogP contribution in [-0.4, -0.2) is 30.6 Å². The second-order valence-corrected chi connectivity index (χ2v) is 13.3. The Morgan fingerprint density at radius 2 is 1.60 bits per heavy atom. The molecule has 0 unspecified atom stereocenters.